The second-order valence-electron chi connectivity index (χ2n) is 9.03. The maximum Gasteiger partial charge on any atom is 0.290 e. The van der Waals surface area contributed by atoms with E-state index in [-0.39, 0.29) is 11.3 Å². The van der Waals surface area contributed by atoms with Crippen molar-refractivity contribution in [2.45, 2.75) is 40.2 Å². The van der Waals surface area contributed by atoms with E-state index in [4.69, 9.17) is 9.15 Å². The molecule has 1 amide bonds. The number of nitrogens with zero attached hydrogens (tertiary/aromatic N) is 2. The van der Waals surface area contributed by atoms with Gasteiger partial charge in [0.2, 0.25) is 5.78 Å². The Kier molecular flexibility index (Phi) is 7.79. The lowest BCUT2D eigenvalue weighted by Crippen LogP contribution is -2.34. The van der Waals surface area contributed by atoms with E-state index < -0.39 is 23.5 Å². The number of aliphatic hydroxyl groups is 1. The zero-order valence-corrected chi connectivity index (χ0v) is 21.4. The van der Waals surface area contributed by atoms with Crippen LogP contribution in [0.15, 0.2) is 64.3 Å². The third-order valence-electron chi connectivity index (χ3n) is 6.70. The first kappa shape index (κ1) is 25.5. The molecule has 1 aliphatic heterocycles. The molecule has 190 valence electrons. The number of benzene rings is 2. The summed E-state index contributed by atoms with van der Waals surface area (Å²) >= 11 is 0. The van der Waals surface area contributed by atoms with Crippen molar-refractivity contribution in [1.82, 2.24) is 9.80 Å². The average molecular weight is 491 g/mol. The minimum absolute atomic E-state index is 0.0345. The standard InChI is InChI=1S/C29H34N2O5/c1-5-30(6-2)14-9-15-31-26(20-10-8-11-22(17-20)35-7-3)25(28(33)29(31)34)27(32)24-18-21-16-19(4)12-13-23(21)36-24/h8,10-13,16-18,26,33H,5-7,9,14-15H2,1-4H3. The van der Waals surface area contributed by atoms with Gasteiger partial charge in [-0.05, 0) is 75.8 Å². The SMILES string of the molecule is CCOc1cccc(C2C(C(=O)c3cc4cc(C)ccc4o3)=C(O)C(=O)N2CCCN(CC)CC)c1. The van der Waals surface area contributed by atoms with Crippen LogP contribution in [0.5, 0.6) is 5.75 Å². The van der Waals surface area contributed by atoms with Crippen LogP contribution in [0, 0.1) is 6.92 Å². The summed E-state index contributed by atoms with van der Waals surface area (Å²) in [6, 6.07) is 13.9. The highest BCUT2D eigenvalue weighted by atomic mass is 16.5. The number of hydrogen-bond acceptors (Lipinski definition) is 6. The van der Waals surface area contributed by atoms with Crippen LogP contribution >= 0.6 is 0 Å². The summed E-state index contributed by atoms with van der Waals surface area (Å²) in [6.07, 6.45) is 0.716. The molecule has 1 aliphatic rings. The number of carbonyl (C=O) groups is 2. The van der Waals surface area contributed by atoms with Crippen LogP contribution in [0.25, 0.3) is 11.0 Å². The number of furan rings is 1. The number of carbonyl (C=O) groups excluding carboxylic acids is 2. The van der Waals surface area contributed by atoms with Gasteiger partial charge in [-0.3, -0.25) is 9.59 Å². The Morgan fingerprint density at radius 2 is 1.89 bits per heavy atom. The van der Waals surface area contributed by atoms with Crippen LogP contribution in [0.1, 0.15) is 54.9 Å². The number of rotatable bonds is 11. The maximum atomic E-state index is 13.7. The fourth-order valence-corrected chi connectivity index (χ4v) is 4.82. The van der Waals surface area contributed by atoms with Gasteiger partial charge < -0.3 is 24.1 Å². The fraction of sp³-hybridized carbons (Fsp3) is 0.379. The Hall–Kier alpha value is -3.58. The van der Waals surface area contributed by atoms with Gasteiger partial charge in [-0.2, -0.15) is 0 Å². The van der Waals surface area contributed by atoms with Crippen molar-refractivity contribution in [2.24, 2.45) is 0 Å². The summed E-state index contributed by atoms with van der Waals surface area (Å²) in [5.41, 5.74) is 2.37. The Balaban J connectivity index is 1.72. The van der Waals surface area contributed by atoms with Gasteiger partial charge >= 0.3 is 0 Å². The lowest BCUT2D eigenvalue weighted by atomic mass is 9.94. The highest BCUT2D eigenvalue weighted by molar-refractivity contribution is 6.16. The van der Waals surface area contributed by atoms with Crippen molar-refractivity contribution in [3.63, 3.8) is 0 Å². The molecule has 36 heavy (non-hydrogen) atoms. The van der Waals surface area contributed by atoms with Gasteiger partial charge in [0, 0.05) is 11.9 Å². The van der Waals surface area contributed by atoms with E-state index in [0.29, 0.717) is 36.5 Å². The molecule has 2 heterocycles. The van der Waals surface area contributed by atoms with Crippen molar-refractivity contribution in [1.29, 1.82) is 0 Å². The molecule has 0 aliphatic carbocycles. The number of aliphatic hydroxyl groups excluding tert-OH is 1. The molecule has 0 radical (unpaired) electrons. The maximum absolute atomic E-state index is 13.7. The Morgan fingerprint density at radius 1 is 1.11 bits per heavy atom. The van der Waals surface area contributed by atoms with Crippen molar-refractivity contribution in [3.8, 4) is 5.75 Å². The lowest BCUT2D eigenvalue weighted by Gasteiger charge is -2.28. The molecular formula is C29H34N2O5. The molecule has 1 unspecified atom stereocenters. The predicted octanol–water partition coefficient (Wildman–Crippen LogP) is 5.45. The Bertz CT molecular complexity index is 1290. The van der Waals surface area contributed by atoms with Crippen LogP contribution in [-0.2, 0) is 4.79 Å². The molecule has 0 fully saturated rings. The fourth-order valence-electron chi connectivity index (χ4n) is 4.82. The van der Waals surface area contributed by atoms with E-state index in [1.165, 1.54) is 0 Å². The van der Waals surface area contributed by atoms with Gasteiger partial charge in [-0.25, -0.2) is 0 Å². The minimum Gasteiger partial charge on any atom is -0.503 e. The number of hydrogen-bond donors (Lipinski definition) is 1. The van der Waals surface area contributed by atoms with E-state index in [0.717, 1.165) is 30.6 Å². The average Bonchev–Trinajstić information content (AvgIpc) is 3.40. The highest BCUT2D eigenvalue weighted by Crippen LogP contribution is 2.40. The molecule has 1 aromatic heterocycles. The van der Waals surface area contributed by atoms with Crippen LogP contribution in [0.3, 0.4) is 0 Å². The summed E-state index contributed by atoms with van der Waals surface area (Å²) < 4.78 is 11.5. The summed E-state index contributed by atoms with van der Waals surface area (Å²) in [5.74, 6) is -0.820. The predicted molar refractivity (Wildman–Crippen MR) is 139 cm³/mol. The molecular weight excluding hydrogens is 456 g/mol. The van der Waals surface area contributed by atoms with Crippen molar-refractivity contribution in [2.75, 3.05) is 32.8 Å². The molecule has 0 saturated heterocycles. The van der Waals surface area contributed by atoms with Gasteiger partial charge in [0.25, 0.3) is 5.91 Å². The Labute approximate surface area is 211 Å². The van der Waals surface area contributed by atoms with E-state index in [2.05, 4.69) is 18.7 Å². The molecule has 0 spiro atoms. The largest absolute Gasteiger partial charge is 0.503 e. The van der Waals surface area contributed by atoms with Crippen LogP contribution in [-0.4, -0.2) is 59.4 Å². The van der Waals surface area contributed by atoms with Gasteiger partial charge in [-0.15, -0.1) is 0 Å². The molecule has 7 nitrogen and oxygen atoms in total. The molecule has 7 heteroatoms. The quantitative estimate of drug-likeness (QED) is 0.360. The van der Waals surface area contributed by atoms with E-state index in [9.17, 15) is 14.7 Å². The zero-order valence-electron chi connectivity index (χ0n) is 21.4. The van der Waals surface area contributed by atoms with Crippen LogP contribution in [0.4, 0.5) is 0 Å². The number of ether oxygens (including phenoxy) is 1. The number of ketones is 1. The molecule has 2 aromatic carbocycles. The number of fused-ring (bicyclic) bond motifs is 1. The van der Waals surface area contributed by atoms with Crippen LogP contribution < -0.4 is 4.74 Å². The van der Waals surface area contributed by atoms with Crippen molar-refractivity contribution in [3.05, 3.63) is 76.8 Å². The monoisotopic (exact) mass is 490 g/mol. The molecule has 0 bridgehead atoms. The Morgan fingerprint density at radius 3 is 2.61 bits per heavy atom. The summed E-state index contributed by atoms with van der Waals surface area (Å²) in [4.78, 5) is 30.9. The van der Waals surface area contributed by atoms with Gasteiger partial charge in [0.15, 0.2) is 11.5 Å². The smallest absolute Gasteiger partial charge is 0.290 e. The second kappa shape index (κ2) is 11.0. The highest BCUT2D eigenvalue weighted by Gasteiger charge is 2.44. The third-order valence-corrected chi connectivity index (χ3v) is 6.70. The third kappa shape index (κ3) is 5.02. The van der Waals surface area contributed by atoms with Gasteiger partial charge in [0.1, 0.15) is 11.3 Å². The van der Waals surface area contributed by atoms with Gasteiger partial charge in [0.05, 0.1) is 18.2 Å². The van der Waals surface area contributed by atoms with E-state index in [1.54, 1.807) is 11.0 Å². The first-order chi connectivity index (χ1) is 17.4. The molecule has 4 rings (SSSR count). The summed E-state index contributed by atoms with van der Waals surface area (Å²) in [6.45, 7) is 11.6. The molecule has 0 saturated carbocycles. The first-order valence-corrected chi connectivity index (χ1v) is 12.6. The second-order valence-corrected chi connectivity index (χ2v) is 9.03. The lowest BCUT2D eigenvalue weighted by molar-refractivity contribution is -0.129. The summed E-state index contributed by atoms with van der Waals surface area (Å²) in [7, 11) is 0. The number of amides is 1. The van der Waals surface area contributed by atoms with Crippen LogP contribution in [0.2, 0.25) is 0 Å². The number of aryl methyl sites for hydroxylation is 1. The molecule has 1 N–H and O–H groups in total. The van der Waals surface area contributed by atoms with Crippen molar-refractivity contribution < 1.29 is 23.8 Å². The zero-order chi connectivity index (χ0) is 25.8. The van der Waals surface area contributed by atoms with E-state index >= 15 is 0 Å². The topological polar surface area (TPSA) is 83.2 Å². The normalized spacial score (nSPS) is 16.0. The first-order valence-electron chi connectivity index (χ1n) is 12.6. The minimum atomic E-state index is -0.739. The van der Waals surface area contributed by atoms with Crippen molar-refractivity contribution >= 4 is 22.7 Å². The number of Topliss-reactive ketones (excluding diaryl/α,β-unsaturated/α-hetero) is 1. The van der Waals surface area contributed by atoms with E-state index in [1.807, 2.05) is 56.3 Å². The molecule has 3 aromatic rings. The molecule has 1 atom stereocenters. The van der Waals surface area contributed by atoms with Gasteiger partial charge in [-0.1, -0.05) is 37.6 Å². The summed E-state index contributed by atoms with van der Waals surface area (Å²) in [5, 5.41) is 11.8.